The Morgan fingerprint density at radius 3 is 2.62 bits per heavy atom. The molecule has 2 N–H and O–H groups in total. The first kappa shape index (κ1) is 23.7. The van der Waals surface area contributed by atoms with E-state index >= 15 is 0 Å². The third kappa shape index (κ3) is 8.37. The first-order chi connectivity index (χ1) is 14.0. The summed E-state index contributed by atoms with van der Waals surface area (Å²) < 4.78 is 7.98. The van der Waals surface area contributed by atoms with Gasteiger partial charge in [-0.25, -0.2) is 0 Å². The summed E-state index contributed by atoms with van der Waals surface area (Å²) in [5.74, 6) is 0.914. The van der Waals surface area contributed by atoms with Gasteiger partial charge in [-0.15, -0.1) is 0 Å². The van der Waals surface area contributed by atoms with Gasteiger partial charge in [0, 0.05) is 38.5 Å². The van der Waals surface area contributed by atoms with Crippen LogP contribution in [0.3, 0.4) is 0 Å². The lowest BCUT2D eigenvalue weighted by Crippen LogP contribution is -2.43. The summed E-state index contributed by atoms with van der Waals surface area (Å²) in [5.41, 5.74) is 3.70. The minimum Gasteiger partial charge on any atom is -0.378 e. The van der Waals surface area contributed by atoms with Crippen molar-refractivity contribution in [3.63, 3.8) is 0 Å². The fraction of sp³-hybridized carbons (Fsp3) is 0.826. The largest absolute Gasteiger partial charge is 0.378 e. The number of hydrogen-bond donors (Lipinski definition) is 2. The van der Waals surface area contributed by atoms with Crippen molar-refractivity contribution in [3.05, 3.63) is 17.0 Å². The predicted octanol–water partition coefficient (Wildman–Crippen LogP) is 4.04. The van der Waals surface area contributed by atoms with E-state index in [0.29, 0.717) is 12.1 Å². The highest BCUT2D eigenvalue weighted by Gasteiger charge is 2.14. The Balaban J connectivity index is 1.67. The van der Waals surface area contributed by atoms with Gasteiger partial charge in [0.2, 0.25) is 0 Å². The molecule has 1 aliphatic carbocycles. The van der Waals surface area contributed by atoms with E-state index in [1.54, 1.807) is 0 Å². The lowest BCUT2D eigenvalue weighted by atomic mass is 9.98. The maximum absolute atomic E-state index is 6.01. The Kier molecular flexibility index (Phi) is 10.5. The smallest absolute Gasteiger partial charge is 0.191 e. The zero-order valence-electron chi connectivity index (χ0n) is 19.4. The van der Waals surface area contributed by atoms with Crippen molar-refractivity contribution < 1.29 is 4.74 Å². The Morgan fingerprint density at radius 2 is 1.97 bits per heavy atom. The molecule has 0 spiro atoms. The Labute approximate surface area is 177 Å². The molecule has 1 unspecified atom stereocenters. The van der Waals surface area contributed by atoms with Gasteiger partial charge in [-0.05, 0) is 71.8 Å². The molecule has 1 aromatic rings. The van der Waals surface area contributed by atoms with Crippen LogP contribution in [0.15, 0.2) is 4.99 Å². The molecule has 1 heterocycles. The maximum Gasteiger partial charge on any atom is 0.191 e. The van der Waals surface area contributed by atoms with Gasteiger partial charge in [0.1, 0.15) is 0 Å². The van der Waals surface area contributed by atoms with E-state index in [1.165, 1.54) is 49.8 Å². The molecule has 1 atom stereocenters. The molecule has 166 valence electrons. The van der Waals surface area contributed by atoms with Gasteiger partial charge >= 0.3 is 0 Å². The molecular weight excluding hydrogens is 362 g/mol. The third-order valence-corrected chi connectivity index (χ3v) is 5.87. The highest BCUT2D eigenvalue weighted by Crippen LogP contribution is 2.20. The van der Waals surface area contributed by atoms with Crippen LogP contribution in [0.1, 0.15) is 82.2 Å². The first-order valence-electron chi connectivity index (χ1n) is 11.7. The second-order valence-electron chi connectivity index (χ2n) is 8.47. The zero-order valence-corrected chi connectivity index (χ0v) is 19.4. The first-order valence-corrected chi connectivity index (χ1v) is 11.7. The molecule has 1 fully saturated rings. The number of unbranched alkanes of at least 4 members (excludes halogenated alkanes) is 2. The SMILES string of the molecule is CCNC(=NCCCCCOC1CCCCC1)NC(C)Cc1c(C)nn(C)c1C. The molecule has 0 aromatic carbocycles. The number of nitrogens with zero attached hydrogens (tertiary/aromatic N) is 3. The number of rotatable bonds is 11. The minimum absolute atomic E-state index is 0.304. The van der Waals surface area contributed by atoms with Crippen LogP contribution in [0, 0.1) is 13.8 Å². The Bertz CT molecular complexity index is 619. The standard InChI is InChI=1S/C23H43N5O/c1-6-24-23(26-18(2)17-22-19(3)27-28(5)20(22)4)25-15-11-8-12-16-29-21-13-9-7-10-14-21/h18,21H,6-17H2,1-5H3,(H2,24,25,26). The predicted molar refractivity (Wildman–Crippen MR) is 122 cm³/mol. The van der Waals surface area contributed by atoms with Gasteiger partial charge in [-0.1, -0.05) is 19.3 Å². The van der Waals surface area contributed by atoms with Gasteiger partial charge < -0.3 is 15.4 Å². The van der Waals surface area contributed by atoms with E-state index in [-0.39, 0.29) is 0 Å². The summed E-state index contributed by atoms with van der Waals surface area (Å²) in [4.78, 5) is 4.77. The summed E-state index contributed by atoms with van der Waals surface area (Å²) in [5, 5.41) is 11.5. The fourth-order valence-corrected chi connectivity index (χ4v) is 4.09. The lowest BCUT2D eigenvalue weighted by molar-refractivity contribution is 0.0264. The van der Waals surface area contributed by atoms with Crippen LogP contribution in [0.4, 0.5) is 0 Å². The van der Waals surface area contributed by atoms with Crippen LogP contribution in [0.5, 0.6) is 0 Å². The Morgan fingerprint density at radius 1 is 1.21 bits per heavy atom. The lowest BCUT2D eigenvalue weighted by Gasteiger charge is -2.21. The van der Waals surface area contributed by atoms with Crippen LogP contribution >= 0.6 is 0 Å². The molecule has 1 aliphatic rings. The topological polar surface area (TPSA) is 63.5 Å². The molecule has 0 aliphatic heterocycles. The normalized spacial score (nSPS) is 16.8. The molecule has 29 heavy (non-hydrogen) atoms. The van der Waals surface area contributed by atoms with Crippen LogP contribution in [0.2, 0.25) is 0 Å². The van der Waals surface area contributed by atoms with E-state index in [2.05, 4.69) is 43.4 Å². The molecule has 2 rings (SSSR count). The van der Waals surface area contributed by atoms with Crippen LogP contribution in [-0.4, -0.2) is 47.6 Å². The van der Waals surface area contributed by atoms with Crippen LogP contribution < -0.4 is 10.6 Å². The molecule has 1 saturated carbocycles. The maximum atomic E-state index is 6.01. The van der Waals surface area contributed by atoms with Crippen molar-refractivity contribution in [1.29, 1.82) is 0 Å². The van der Waals surface area contributed by atoms with Crippen molar-refractivity contribution >= 4 is 5.96 Å². The molecule has 0 bridgehead atoms. The summed E-state index contributed by atoms with van der Waals surface area (Å²) in [6.45, 7) is 11.2. The number of hydrogen-bond acceptors (Lipinski definition) is 3. The molecule has 0 saturated heterocycles. The highest BCUT2D eigenvalue weighted by atomic mass is 16.5. The zero-order chi connectivity index (χ0) is 21.1. The second-order valence-corrected chi connectivity index (χ2v) is 8.47. The molecule has 0 amide bonds. The van der Waals surface area contributed by atoms with E-state index in [9.17, 15) is 0 Å². The van der Waals surface area contributed by atoms with E-state index in [4.69, 9.17) is 9.73 Å². The average Bonchev–Trinajstić information content (AvgIpc) is 2.94. The minimum atomic E-state index is 0.304. The van der Waals surface area contributed by atoms with Crippen molar-refractivity contribution in [3.8, 4) is 0 Å². The second kappa shape index (κ2) is 12.9. The number of aliphatic imine (C=N–C) groups is 1. The van der Waals surface area contributed by atoms with Crippen molar-refractivity contribution in [1.82, 2.24) is 20.4 Å². The third-order valence-electron chi connectivity index (χ3n) is 5.87. The van der Waals surface area contributed by atoms with Gasteiger partial charge in [-0.3, -0.25) is 9.67 Å². The molecule has 0 radical (unpaired) electrons. The summed E-state index contributed by atoms with van der Waals surface area (Å²) in [7, 11) is 2.01. The summed E-state index contributed by atoms with van der Waals surface area (Å²) in [6.07, 6.45) is 11.5. The molecule has 6 heteroatoms. The van der Waals surface area contributed by atoms with E-state index in [1.807, 2.05) is 11.7 Å². The molecular formula is C23H43N5O. The van der Waals surface area contributed by atoms with Gasteiger partial charge in [0.05, 0.1) is 11.8 Å². The van der Waals surface area contributed by atoms with Crippen LogP contribution in [-0.2, 0) is 18.2 Å². The van der Waals surface area contributed by atoms with E-state index in [0.717, 1.165) is 50.6 Å². The van der Waals surface area contributed by atoms with Gasteiger partial charge in [-0.2, -0.15) is 5.10 Å². The Hall–Kier alpha value is -1.56. The monoisotopic (exact) mass is 405 g/mol. The van der Waals surface area contributed by atoms with E-state index < -0.39 is 0 Å². The van der Waals surface area contributed by atoms with Gasteiger partial charge in [0.25, 0.3) is 0 Å². The quantitative estimate of drug-likeness (QED) is 0.331. The number of nitrogens with one attached hydrogen (secondary N) is 2. The summed E-state index contributed by atoms with van der Waals surface area (Å²) in [6, 6.07) is 0.304. The fourth-order valence-electron chi connectivity index (χ4n) is 4.09. The van der Waals surface area contributed by atoms with Crippen LogP contribution in [0.25, 0.3) is 0 Å². The average molecular weight is 406 g/mol. The van der Waals surface area contributed by atoms with Gasteiger partial charge in [0.15, 0.2) is 5.96 Å². The summed E-state index contributed by atoms with van der Waals surface area (Å²) >= 11 is 0. The highest BCUT2D eigenvalue weighted by molar-refractivity contribution is 5.80. The number of ether oxygens (including phenoxy) is 1. The van der Waals surface area contributed by atoms with Crippen molar-refractivity contribution in [2.45, 2.75) is 97.6 Å². The van der Waals surface area contributed by atoms with Crippen molar-refractivity contribution in [2.75, 3.05) is 19.7 Å². The number of guanidine groups is 1. The number of aryl methyl sites for hydroxylation is 2. The molecule has 1 aromatic heterocycles. The van der Waals surface area contributed by atoms with Crippen molar-refractivity contribution in [2.24, 2.45) is 12.0 Å². The molecule has 6 nitrogen and oxygen atoms in total. The number of aromatic nitrogens is 2.